The van der Waals surface area contributed by atoms with Gasteiger partial charge in [-0.15, -0.1) is 12.4 Å². The van der Waals surface area contributed by atoms with Gasteiger partial charge in [-0.05, 0) is 56.6 Å². The molecule has 0 spiro atoms. The molecule has 0 saturated carbocycles. The lowest BCUT2D eigenvalue weighted by molar-refractivity contribution is 0.0642. The van der Waals surface area contributed by atoms with E-state index in [0.29, 0.717) is 11.6 Å². The molecule has 1 aliphatic rings. The minimum atomic E-state index is 0. The first-order chi connectivity index (χ1) is 11.7. The van der Waals surface area contributed by atoms with Crippen molar-refractivity contribution in [3.63, 3.8) is 0 Å². The molecule has 136 valence electrons. The van der Waals surface area contributed by atoms with Gasteiger partial charge in [0.15, 0.2) is 0 Å². The van der Waals surface area contributed by atoms with Gasteiger partial charge < -0.3 is 10.2 Å². The molecule has 5 nitrogen and oxygen atoms in total. The minimum Gasteiger partial charge on any atom is -0.335 e. The van der Waals surface area contributed by atoms with Crippen LogP contribution in [0.5, 0.6) is 0 Å². The molecule has 1 aliphatic heterocycles. The zero-order valence-electron chi connectivity index (χ0n) is 14.3. The van der Waals surface area contributed by atoms with E-state index in [2.05, 4.69) is 33.3 Å². The van der Waals surface area contributed by atoms with E-state index in [9.17, 15) is 4.79 Å². The lowest BCUT2D eigenvalue weighted by Crippen LogP contribution is -2.46. The summed E-state index contributed by atoms with van der Waals surface area (Å²) in [6.07, 6.45) is 6.51. The number of amides is 1. The van der Waals surface area contributed by atoms with Crippen molar-refractivity contribution in [2.75, 3.05) is 19.6 Å². The zero-order valence-corrected chi connectivity index (χ0v) is 16.7. The summed E-state index contributed by atoms with van der Waals surface area (Å²) in [5.74, 6) is 0.0899. The van der Waals surface area contributed by atoms with Crippen LogP contribution in [0.4, 0.5) is 0 Å². The van der Waals surface area contributed by atoms with E-state index < -0.39 is 0 Å². The number of nitrogens with zero attached hydrogens (tertiary/aromatic N) is 3. The van der Waals surface area contributed by atoms with Gasteiger partial charge >= 0.3 is 0 Å². The summed E-state index contributed by atoms with van der Waals surface area (Å²) in [5.41, 5.74) is 1.60. The van der Waals surface area contributed by atoms with Crippen molar-refractivity contribution < 1.29 is 4.79 Å². The van der Waals surface area contributed by atoms with Crippen LogP contribution in [0.1, 0.15) is 36.5 Å². The van der Waals surface area contributed by atoms with Gasteiger partial charge in [-0.2, -0.15) is 5.10 Å². The Bertz CT molecular complexity index is 683. The van der Waals surface area contributed by atoms with E-state index in [4.69, 9.17) is 0 Å². The summed E-state index contributed by atoms with van der Waals surface area (Å²) in [6, 6.07) is 8.22. The molecule has 1 amide bonds. The molecule has 1 N–H and O–H groups in total. The van der Waals surface area contributed by atoms with E-state index in [1.807, 2.05) is 35.4 Å². The second kappa shape index (κ2) is 9.36. The van der Waals surface area contributed by atoms with Gasteiger partial charge in [0.25, 0.3) is 5.91 Å². The van der Waals surface area contributed by atoms with Crippen molar-refractivity contribution in [3.8, 4) is 5.69 Å². The highest BCUT2D eigenvalue weighted by Crippen LogP contribution is 2.18. The Hall–Kier alpha value is -1.37. The van der Waals surface area contributed by atoms with Crippen LogP contribution in [0, 0.1) is 0 Å². The number of carbonyl (C=O) groups excluding carboxylic acids is 1. The highest BCUT2D eigenvalue weighted by molar-refractivity contribution is 9.10. The van der Waals surface area contributed by atoms with Crippen LogP contribution in [0.15, 0.2) is 41.1 Å². The quantitative estimate of drug-likeness (QED) is 0.792. The van der Waals surface area contributed by atoms with Gasteiger partial charge in [0.1, 0.15) is 0 Å². The lowest BCUT2D eigenvalue weighted by atomic mass is 10.0. The maximum atomic E-state index is 13.0. The molecule has 1 aromatic heterocycles. The third kappa shape index (κ3) is 4.84. The number of halogens is 2. The van der Waals surface area contributed by atoms with Crippen LogP contribution in [0.25, 0.3) is 5.69 Å². The number of carbonyl (C=O) groups is 1. The predicted molar refractivity (Wildman–Crippen MR) is 106 cm³/mol. The van der Waals surface area contributed by atoms with E-state index in [0.717, 1.165) is 49.1 Å². The number of piperidine rings is 1. The van der Waals surface area contributed by atoms with Gasteiger partial charge in [0.05, 0.1) is 17.4 Å². The predicted octanol–water partition coefficient (Wildman–Crippen LogP) is 3.66. The number of rotatable bonds is 5. The molecule has 0 unspecified atom stereocenters. The van der Waals surface area contributed by atoms with Crippen LogP contribution < -0.4 is 5.32 Å². The smallest absolute Gasteiger partial charge is 0.257 e. The Kier molecular flexibility index (Phi) is 7.47. The van der Waals surface area contributed by atoms with Crippen molar-refractivity contribution in [2.45, 2.75) is 32.2 Å². The zero-order chi connectivity index (χ0) is 16.9. The second-order valence-corrected chi connectivity index (χ2v) is 7.05. The largest absolute Gasteiger partial charge is 0.335 e. The van der Waals surface area contributed by atoms with Gasteiger partial charge in [-0.1, -0.05) is 22.9 Å². The van der Waals surface area contributed by atoms with Gasteiger partial charge in [0, 0.05) is 23.3 Å². The van der Waals surface area contributed by atoms with E-state index in [1.54, 1.807) is 10.9 Å². The van der Waals surface area contributed by atoms with E-state index in [1.165, 1.54) is 0 Å². The molecule has 3 rings (SSSR count). The molecular formula is C18H24BrClN4O. The van der Waals surface area contributed by atoms with Crippen LogP contribution >= 0.6 is 28.3 Å². The van der Waals surface area contributed by atoms with Crippen molar-refractivity contribution in [3.05, 3.63) is 46.7 Å². The SMILES string of the molecule is CCCN(C(=O)c1cnn(-c2ccc(Br)cc2)c1)C1CCNCC1.Cl. The summed E-state index contributed by atoms with van der Waals surface area (Å²) in [6.45, 7) is 4.88. The molecular weight excluding hydrogens is 404 g/mol. The number of aromatic nitrogens is 2. The standard InChI is InChI=1S/C18H23BrN4O.ClH/c1-2-11-22(16-7-9-20-10-8-16)18(24)14-12-21-23(13-14)17-5-3-15(19)4-6-17;/h3-6,12-13,16,20H,2,7-11H2,1H3;1H. The summed E-state index contributed by atoms with van der Waals surface area (Å²) >= 11 is 3.43. The van der Waals surface area contributed by atoms with Crippen LogP contribution in [0.3, 0.4) is 0 Å². The Morgan fingerprint density at radius 3 is 2.64 bits per heavy atom. The molecule has 7 heteroatoms. The van der Waals surface area contributed by atoms with Gasteiger partial charge in [-0.25, -0.2) is 4.68 Å². The van der Waals surface area contributed by atoms with Crippen LogP contribution in [0.2, 0.25) is 0 Å². The third-order valence-corrected chi connectivity index (χ3v) is 4.92. The second-order valence-electron chi connectivity index (χ2n) is 6.13. The van der Waals surface area contributed by atoms with Crippen LogP contribution in [-0.4, -0.2) is 46.3 Å². The van der Waals surface area contributed by atoms with E-state index in [-0.39, 0.29) is 18.3 Å². The highest BCUT2D eigenvalue weighted by atomic mass is 79.9. The lowest BCUT2D eigenvalue weighted by Gasteiger charge is -2.34. The summed E-state index contributed by atoms with van der Waals surface area (Å²) in [5, 5.41) is 7.73. The maximum absolute atomic E-state index is 13.0. The first-order valence-electron chi connectivity index (χ1n) is 8.51. The van der Waals surface area contributed by atoms with E-state index >= 15 is 0 Å². The van der Waals surface area contributed by atoms with Crippen molar-refractivity contribution in [1.82, 2.24) is 20.0 Å². The molecule has 1 fully saturated rings. The first kappa shape index (κ1) is 19.9. The average molecular weight is 428 g/mol. The van der Waals surface area contributed by atoms with Crippen LogP contribution in [-0.2, 0) is 0 Å². The average Bonchev–Trinajstić information content (AvgIpc) is 3.10. The molecule has 0 aliphatic carbocycles. The normalized spacial score (nSPS) is 14.8. The van der Waals surface area contributed by atoms with Crippen molar-refractivity contribution in [1.29, 1.82) is 0 Å². The molecule has 0 bridgehead atoms. The third-order valence-electron chi connectivity index (χ3n) is 4.40. The fourth-order valence-corrected chi connectivity index (χ4v) is 3.41. The Morgan fingerprint density at radius 1 is 1.32 bits per heavy atom. The topological polar surface area (TPSA) is 50.2 Å². The number of benzene rings is 1. The molecule has 25 heavy (non-hydrogen) atoms. The fourth-order valence-electron chi connectivity index (χ4n) is 3.14. The van der Waals surface area contributed by atoms with Crippen molar-refractivity contribution >= 4 is 34.2 Å². The molecule has 2 aromatic rings. The Morgan fingerprint density at radius 2 is 2.00 bits per heavy atom. The number of hydrogen-bond donors (Lipinski definition) is 1. The summed E-state index contributed by atoms with van der Waals surface area (Å²) < 4.78 is 2.78. The monoisotopic (exact) mass is 426 g/mol. The molecule has 1 aromatic carbocycles. The highest BCUT2D eigenvalue weighted by Gasteiger charge is 2.26. The molecule has 0 atom stereocenters. The Labute approximate surface area is 163 Å². The first-order valence-corrected chi connectivity index (χ1v) is 9.30. The number of nitrogens with one attached hydrogen (secondary N) is 1. The van der Waals surface area contributed by atoms with Crippen molar-refractivity contribution in [2.24, 2.45) is 0 Å². The molecule has 2 heterocycles. The maximum Gasteiger partial charge on any atom is 0.257 e. The fraction of sp³-hybridized carbons (Fsp3) is 0.444. The molecule has 0 radical (unpaired) electrons. The Balaban J connectivity index is 0.00000225. The summed E-state index contributed by atoms with van der Waals surface area (Å²) in [4.78, 5) is 15.0. The summed E-state index contributed by atoms with van der Waals surface area (Å²) in [7, 11) is 0. The van der Waals surface area contributed by atoms with Gasteiger partial charge in [0.2, 0.25) is 0 Å². The molecule has 1 saturated heterocycles. The van der Waals surface area contributed by atoms with Gasteiger partial charge in [-0.3, -0.25) is 4.79 Å². The number of hydrogen-bond acceptors (Lipinski definition) is 3. The minimum absolute atomic E-state index is 0.